The molecule has 1 saturated carbocycles. The van der Waals surface area contributed by atoms with Crippen molar-refractivity contribution in [2.24, 2.45) is 5.92 Å². The Morgan fingerprint density at radius 1 is 1.20 bits per heavy atom. The number of benzene rings is 1. The van der Waals surface area contributed by atoms with E-state index in [9.17, 15) is 9.90 Å². The van der Waals surface area contributed by atoms with Crippen LogP contribution in [0.4, 0.5) is 0 Å². The highest BCUT2D eigenvalue weighted by Crippen LogP contribution is 2.37. The van der Waals surface area contributed by atoms with E-state index in [1.807, 2.05) is 18.2 Å². The molecule has 0 spiro atoms. The first kappa shape index (κ1) is 17.2. The Labute approximate surface area is 146 Å². The molecule has 1 aliphatic rings. The van der Waals surface area contributed by atoms with Gasteiger partial charge in [-0.2, -0.15) is 0 Å². The summed E-state index contributed by atoms with van der Waals surface area (Å²) in [6, 6.07) is 10.4. The third-order valence-electron chi connectivity index (χ3n) is 4.53. The van der Waals surface area contributed by atoms with E-state index in [2.05, 4.69) is 10.3 Å². The number of hydrogen-bond acceptors (Lipinski definition) is 5. The first-order valence-electron chi connectivity index (χ1n) is 8.23. The van der Waals surface area contributed by atoms with Crippen LogP contribution in [0.2, 0.25) is 0 Å². The summed E-state index contributed by atoms with van der Waals surface area (Å²) in [6.45, 7) is 0. The molecule has 6 nitrogen and oxygen atoms in total. The maximum absolute atomic E-state index is 12.8. The molecule has 1 atom stereocenters. The fraction of sp³-hybridized carbons (Fsp3) is 0.368. The lowest BCUT2D eigenvalue weighted by Crippen LogP contribution is -2.41. The van der Waals surface area contributed by atoms with Crippen molar-refractivity contribution in [2.75, 3.05) is 14.2 Å². The van der Waals surface area contributed by atoms with E-state index in [1.54, 1.807) is 38.6 Å². The molecule has 1 amide bonds. The molecule has 1 aliphatic carbocycles. The summed E-state index contributed by atoms with van der Waals surface area (Å²) in [7, 11) is 3.09. The minimum absolute atomic E-state index is 0.168. The number of carbonyl (C=O) groups is 1. The zero-order valence-electron chi connectivity index (χ0n) is 14.3. The molecule has 2 N–H and O–H groups in total. The normalized spacial score (nSPS) is 20.3. The fourth-order valence-electron chi connectivity index (χ4n) is 3.06. The van der Waals surface area contributed by atoms with Gasteiger partial charge in [-0.15, -0.1) is 0 Å². The highest BCUT2D eigenvalue weighted by molar-refractivity contribution is 5.95. The van der Waals surface area contributed by atoms with Crippen LogP contribution >= 0.6 is 0 Å². The van der Waals surface area contributed by atoms with E-state index in [0.717, 1.165) is 5.69 Å². The number of amides is 1. The van der Waals surface area contributed by atoms with Crippen LogP contribution in [-0.2, 0) is 0 Å². The van der Waals surface area contributed by atoms with Gasteiger partial charge in [0.2, 0.25) is 0 Å². The summed E-state index contributed by atoms with van der Waals surface area (Å²) in [4.78, 5) is 17.2. The van der Waals surface area contributed by atoms with Crippen molar-refractivity contribution in [3.63, 3.8) is 0 Å². The van der Waals surface area contributed by atoms with Crippen molar-refractivity contribution in [2.45, 2.75) is 25.0 Å². The van der Waals surface area contributed by atoms with Gasteiger partial charge in [-0.05, 0) is 43.0 Å². The van der Waals surface area contributed by atoms with E-state index >= 15 is 0 Å². The van der Waals surface area contributed by atoms with Gasteiger partial charge in [-0.25, -0.2) is 0 Å². The van der Waals surface area contributed by atoms with E-state index in [0.29, 0.717) is 29.9 Å². The number of ether oxygens (including phenoxy) is 2. The Balaban J connectivity index is 1.83. The largest absolute Gasteiger partial charge is 0.497 e. The second-order valence-electron chi connectivity index (χ2n) is 6.19. The van der Waals surface area contributed by atoms with Gasteiger partial charge >= 0.3 is 0 Å². The van der Waals surface area contributed by atoms with Crippen molar-refractivity contribution in [3.8, 4) is 11.5 Å². The third kappa shape index (κ3) is 3.91. The third-order valence-corrected chi connectivity index (χ3v) is 4.53. The Morgan fingerprint density at radius 3 is 2.40 bits per heavy atom. The maximum Gasteiger partial charge on any atom is 0.252 e. The molecule has 1 aromatic carbocycles. The highest BCUT2D eigenvalue weighted by Gasteiger charge is 2.36. The molecule has 0 aliphatic heterocycles. The van der Waals surface area contributed by atoms with Gasteiger partial charge in [-0.1, -0.05) is 6.07 Å². The molecule has 1 aromatic heterocycles. The van der Waals surface area contributed by atoms with Crippen molar-refractivity contribution < 1.29 is 19.4 Å². The molecule has 0 bridgehead atoms. The lowest BCUT2D eigenvalue weighted by molar-refractivity contribution is 0.0228. The average Bonchev–Trinajstić information content (AvgIpc) is 2.63. The Kier molecular flexibility index (Phi) is 5.19. The van der Waals surface area contributed by atoms with Gasteiger partial charge < -0.3 is 19.9 Å². The minimum Gasteiger partial charge on any atom is -0.497 e. The van der Waals surface area contributed by atoms with E-state index in [-0.39, 0.29) is 24.0 Å². The number of nitrogens with zero attached hydrogens (tertiary/aromatic N) is 1. The van der Waals surface area contributed by atoms with Gasteiger partial charge in [0.05, 0.1) is 32.1 Å². The van der Waals surface area contributed by atoms with E-state index < -0.39 is 0 Å². The predicted octanol–water partition coefficient (Wildman–Crippen LogP) is 2.34. The second-order valence-corrected chi connectivity index (χ2v) is 6.19. The zero-order valence-corrected chi connectivity index (χ0v) is 14.3. The van der Waals surface area contributed by atoms with Crippen molar-refractivity contribution in [1.29, 1.82) is 0 Å². The smallest absolute Gasteiger partial charge is 0.252 e. The van der Waals surface area contributed by atoms with Crippen LogP contribution in [0.5, 0.6) is 11.5 Å². The topological polar surface area (TPSA) is 80.7 Å². The first-order chi connectivity index (χ1) is 12.1. The first-order valence-corrected chi connectivity index (χ1v) is 8.23. The molecule has 0 radical (unpaired) electrons. The molecule has 1 unspecified atom stereocenters. The van der Waals surface area contributed by atoms with E-state index in [4.69, 9.17) is 9.47 Å². The average molecular weight is 342 g/mol. The van der Waals surface area contributed by atoms with Gasteiger partial charge in [0.1, 0.15) is 11.5 Å². The highest BCUT2D eigenvalue weighted by atomic mass is 16.5. The SMILES string of the molecule is COc1cc(OC)cc(C(=O)NC(c2ccccn2)C2CC(O)C2)c1. The molecule has 2 aromatic rings. The van der Waals surface area contributed by atoms with Crippen molar-refractivity contribution in [1.82, 2.24) is 10.3 Å². The monoisotopic (exact) mass is 342 g/mol. The minimum atomic E-state index is -0.301. The summed E-state index contributed by atoms with van der Waals surface area (Å²) >= 11 is 0. The molecule has 1 fully saturated rings. The number of aromatic nitrogens is 1. The van der Waals surface area contributed by atoms with Gasteiger partial charge in [0, 0.05) is 17.8 Å². The van der Waals surface area contributed by atoms with Gasteiger partial charge in [-0.3, -0.25) is 9.78 Å². The van der Waals surface area contributed by atoms with Crippen molar-refractivity contribution in [3.05, 3.63) is 53.9 Å². The molecular weight excluding hydrogens is 320 g/mol. The van der Waals surface area contributed by atoms with Crippen molar-refractivity contribution >= 4 is 5.91 Å². The number of hydrogen-bond donors (Lipinski definition) is 2. The summed E-state index contributed by atoms with van der Waals surface area (Å²) in [6.07, 6.45) is 2.72. The van der Waals surface area contributed by atoms with Crippen LogP contribution in [0, 0.1) is 5.92 Å². The lowest BCUT2D eigenvalue weighted by Gasteiger charge is -2.37. The molecule has 3 rings (SSSR count). The Hall–Kier alpha value is -2.60. The lowest BCUT2D eigenvalue weighted by atomic mass is 9.76. The van der Waals surface area contributed by atoms with E-state index in [1.165, 1.54) is 0 Å². The number of methoxy groups -OCH3 is 2. The summed E-state index contributed by atoms with van der Waals surface area (Å²) < 4.78 is 10.5. The Bertz CT molecular complexity index is 707. The molecule has 25 heavy (non-hydrogen) atoms. The molecule has 0 saturated heterocycles. The molecule has 6 heteroatoms. The van der Waals surface area contributed by atoms with Crippen LogP contribution in [0.25, 0.3) is 0 Å². The van der Waals surface area contributed by atoms with Gasteiger partial charge in [0.25, 0.3) is 5.91 Å². The predicted molar refractivity (Wildman–Crippen MR) is 92.7 cm³/mol. The number of aliphatic hydroxyl groups is 1. The summed E-state index contributed by atoms with van der Waals surface area (Å²) in [5, 5.41) is 12.7. The Morgan fingerprint density at radius 2 is 1.88 bits per heavy atom. The van der Waals surface area contributed by atoms with Crippen LogP contribution in [0.15, 0.2) is 42.6 Å². The van der Waals surface area contributed by atoms with Gasteiger partial charge in [0.15, 0.2) is 0 Å². The summed E-state index contributed by atoms with van der Waals surface area (Å²) in [5.41, 5.74) is 1.25. The second kappa shape index (κ2) is 7.53. The van der Waals surface area contributed by atoms with Crippen LogP contribution in [0.1, 0.15) is 34.9 Å². The zero-order chi connectivity index (χ0) is 17.8. The maximum atomic E-state index is 12.8. The number of nitrogens with one attached hydrogen (secondary N) is 1. The van der Waals surface area contributed by atoms with Crippen LogP contribution in [0.3, 0.4) is 0 Å². The standard InChI is InChI=1S/C19H22N2O4/c1-24-15-9-13(10-16(11-15)25-2)19(23)21-18(12-7-14(22)8-12)17-5-3-4-6-20-17/h3-6,9-12,14,18,22H,7-8H2,1-2H3,(H,21,23). The molecular formula is C19H22N2O4. The fourth-order valence-corrected chi connectivity index (χ4v) is 3.06. The summed E-state index contributed by atoms with van der Waals surface area (Å²) in [5.74, 6) is 1.05. The van der Waals surface area contributed by atoms with Crippen LogP contribution < -0.4 is 14.8 Å². The number of aliphatic hydroxyl groups excluding tert-OH is 1. The molecule has 132 valence electrons. The number of carbonyl (C=O) groups excluding carboxylic acids is 1. The number of rotatable bonds is 6. The molecule has 1 heterocycles. The quantitative estimate of drug-likeness (QED) is 0.842. The number of pyridine rings is 1. The van der Waals surface area contributed by atoms with Crippen LogP contribution in [-0.4, -0.2) is 36.3 Å².